The first-order valence-corrected chi connectivity index (χ1v) is 6.88. The highest BCUT2D eigenvalue weighted by atomic mass is 16.2. The number of carbonyl (C=O) groups is 1. The number of hydrogen-bond acceptors (Lipinski definition) is 2. The first-order valence-electron chi connectivity index (χ1n) is 6.88. The van der Waals surface area contributed by atoms with E-state index in [-0.39, 0.29) is 17.5 Å². The van der Waals surface area contributed by atoms with Crippen LogP contribution in [0.2, 0.25) is 0 Å². The van der Waals surface area contributed by atoms with Gasteiger partial charge in [-0.05, 0) is 30.4 Å². The van der Waals surface area contributed by atoms with Crippen molar-refractivity contribution in [1.29, 1.82) is 0 Å². The van der Waals surface area contributed by atoms with E-state index in [0.29, 0.717) is 6.54 Å². The minimum absolute atomic E-state index is 0.0200. The second kappa shape index (κ2) is 4.97. The molecule has 1 saturated heterocycles. The Morgan fingerprint density at radius 1 is 1.32 bits per heavy atom. The first-order chi connectivity index (χ1) is 8.78. The van der Waals surface area contributed by atoms with Gasteiger partial charge in [0.05, 0.1) is 6.54 Å². The molecule has 1 aliphatic rings. The van der Waals surface area contributed by atoms with Gasteiger partial charge in [-0.1, -0.05) is 44.5 Å². The fourth-order valence-electron chi connectivity index (χ4n) is 2.56. The summed E-state index contributed by atoms with van der Waals surface area (Å²) in [5.41, 5.74) is 3.79. The van der Waals surface area contributed by atoms with Crippen LogP contribution in [0.1, 0.15) is 43.6 Å². The summed E-state index contributed by atoms with van der Waals surface area (Å²) in [7, 11) is 0. The molecule has 0 bridgehead atoms. The zero-order valence-electron chi connectivity index (χ0n) is 12.6. The highest BCUT2D eigenvalue weighted by Crippen LogP contribution is 2.29. The summed E-state index contributed by atoms with van der Waals surface area (Å²) in [6, 6.07) is 6.43. The number of rotatable bonds is 2. The van der Waals surface area contributed by atoms with Crippen molar-refractivity contribution in [2.24, 2.45) is 5.41 Å². The number of carbonyl (C=O) groups excluding carboxylic acids is 1. The molecule has 0 radical (unpaired) electrons. The fraction of sp³-hybridized carbons (Fsp3) is 0.562. The maximum atomic E-state index is 12.1. The average Bonchev–Trinajstić information content (AvgIpc) is 2.62. The molecule has 0 saturated carbocycles. The Balaban J connectivity index is 2.32. The Morgan fingerprint density at radius 3 is 2.63 bits per heavy atom. The number of aryl methyl sites for hydroxylation is 2. The van der Waals surface area contributed by atoms with Gasteiger partial charge in [-0.15, -0.1) is 0 Å². The molecule has 1 aromatic rings. The molecule has 1 aromatic carbocycles. The number of benzene rings is 1. The molecular weight excluding hydrogens is 236 g/mol. The van der Waals surface area contributed by atoms with E-state index in [1.807, 2.05) is 4.90 Å². The van der Waals surface area contributed by atoms with Gasteiger partial charge in [0, 0.05) is 6.54 Å². The monoisotopic (exact) mass is 260 g/mol. The van der Waals surface area contributed by atoms with Crippen LogP contribution in [0.5, 0.6) is 0 Å². The molecule has 1 amide bonds. The van der Waals surface area contributed by atoms with Gasteiger partial charge in [0.1, 0.15) is 6.17 Å². The lowest BCUT2D eigenvalue weighted by Crippen LogP contribution is -2.37. The molecule has 1 atom stereocenters. The third-order valence-electron chi connectivity index (χ3n) is 3.45. The lowest BCUT2D eigenvalue weighted by Gasteiger charge is -2.32. The van der Waals surface area contributed by atoms with Crippen LogP contribution >= 0.6 is 0 Å². The molecular formula is C16H24N2O. The largest absolute Gasteiger partial charge is 0.321 e. The molecule has 1 heterocycles. The van der Waals surface area contributed by atoms with Crippen molar-refractivity contribution in [1.82, 2.24) is 10.2 Å². The van der Waals surface area contributed by atoms with Gasteiger partial charge < -0.3 is 4.90 Å². The van der Waals surface area contributed by atoms with E-state index in [1.54, 1.807) is 0 Å². The first kappa shape index (κ1) is 14.1. The molecule has 1 N–H and O–H groups in total. The van der Waals surface area contributed by atoms with Crippen molar-refractivity contribution in [2.75, 3.05) is 13.1 Å². The Labute approximate surface area is 116 Å². The van der Waals surface area contributed by atoms with Gasteiger partial charge in [-0.2, -0.15) is 0 Å². The van der Waals surface area contributed by atoms with E-state index in [4.69, 9.17) is 0 Å². The van der Waals surface area contributed by atoms with E-state index in [1.165, 1.54) is 16.7 Å². The molecule has 3 nitrogen and oxygen atoms in total. The lowest BCUT2D eigenvalue weighted by molar-refractivity contribution is -0.129. The summed E-state index contributed by atoms with van der Waals surface area (Å²) in [6.07, 6.45) is 0.0200. The fourth-order valence-corrected chi connectivity index (χ4v) is 2.56. The van der Waals surface area contributed by atoms with Crippen molar-refractivity contribution in [3.63, 3.8) is 0 Å². The van der Waals surface area contributed by atoms with Crippen LogP contribution in [-0.2, 0) is 4.79 Å². The molecule has 2 rings (SSSR count). The minimum atomic E-state index is 0.0200. The zero-order chi connectivity index (χ0) is 14.2. The summed E-state index contributed by atoms with van der Waals surface area (Å²) in [5.74, 6) is 0.195. The van der Waals surface area contributed by atoms with Crippen molar-refractivity contribution in [3.05, 3.63) is 34.9 Å². The topological polar surface area (TPSA) is 32.3 Å². The van der Waals surface area contributed by atoms with E-state index < -0.39 is 0 Å². The van der Waals surface area contributed by atoms with Crippen LogP contribution in [0.15, 0.2) is 18.2 Å². The number of amides is 1. The number of nitrogens with one attached hydrogen (secondary N) is 1. The van der Waals surface area contributed by atoms with Crippen LogP contribution in [0.25, 0.3) is 0 Å². The quantitative estimate of drug-likeness (QED) is 0.887. The molecule has 1 unspecified atom stereocenters. The van der Waals surface area contributed by atoms with E-state index in [0.717, 1.165) is 6.54 Å². The molecule has 104 valence electrons. The zero-order valence-corrected chi connectivity index (χ0v) is 12.6. The van der Waals surface area contributed by atoms with Crippen molar-refractivity contribution in [3.8, 4) is 0 Å². The highest BCUT2D eigenvalue weighted by molar-refractivity contribution is 5.81. The van der Waals surface area contributed by atoms with Gasteiger partial charge in [0.15, 0.2) is 0 Å². The van der Waals surface area contributed by atoms with Crippen LogP contribution in [-0.4, -0.2) is 23.9 Å². The molecule has 0 aromatic heterocycles. The Hall–Kier alpha value is -1.35. The number of nitrogens with zero attached hydrogens (tertiary/aromatic N) is 1. The van der Waals surface area contributed by atoms with Gasteiger partial charge in [0.25, 0.3) is 0 Å². The normalized spacial score (nSPS) is 20.2. The smallest absolute Gasteiger partial charge is 0.238 e. The predicted molar refractivity (Wildman–Crippen MR) is 77.8 cm³/mol. The van der Waals surface area contributed by atoms with E-state index in [2.05, 4.69) is 58.1 Å². The minimum Gasteiger partial charge on any atom is -0.321 e. The van der Waals surface area contributed by atoms with Gasteiger partial charge in [-0.3, -0.25) is 10.1 Å². The van der Waals surface area contributed by atoms with Crippen LogP contribution in [0, 0.1) is 19.3 Å². The molecule has 1 fully saturated rings. The predicted octanol–water partition coefficient (Wildman–Crippen LogP) is 2.78. The van der Waals surface area contributed by atoms with Crippen LogP contribution in [0.3, 0.4) is 0 Å². The molecule has 0 aliphatic carbocycles. The summed E-state index contributed by atoms with van der Waals surface area (Å²) in [6.45, 7) is 11.9. The molecule has 0 spiro atoms. The molecule has 3 heteroatoms. The third-order valence-corrected chi connectivity index (χ3v) is 3.45. The van der Waals surface area contributed by atoms with Crippen molar-refractivity contribution >= 4 is 5.91 Å². The van der Waals surface area contributed by atoms with Crippen LogP contribution < -0.4 is 5.32 Å². The van der Waals surface area contributed by atoms with Gasteiger partial charge in [0.2, 0.25) is 5.91 Å². The summed E-state index contributed by atoms with van der Waals surface area (Å²) < 4.78 is 0. The maximum Gasteiger partial charge on any atom is 0.238 e. The standard InChI is InChI=1S/C16H24N2O/c1-11-6-7-12(2)13(8-11)15-17-9-14(19)18(15)10-16(3,4)5/h6-8,15,17H,9-10H2,1-5H3. The van der Waals surface area contributed by atoms with Crippen LogP contribution in [0.4, 0.5) is 0 Å². The maximum absolute atomic E-state index is 12.1. The van der Waals surface area contributed by atoms with E-state index in [9.17, 15) is 4.79 Å². The SMILES string of the molecule is Cc1ccc(C)c(C2NCC(=O)N2CC(C)(C)C)c1. The van der Waals surface area contributed by atoms with Crippen molar-refractivity contribution in [2.45, 2.75) is 40.8 Å². The molecule has 19 heavy (non-hydrogen) atoms. The Bertz CT molecular complexity index is 488. The van der Waals surface area contributed by atoms with E-state index >= 15 is 0 Å². The Kier molecular flexibility index (Phi) is 3.68. The Morgan fingerprint density at radius 2 is 2.00 bits per heavy atom. The lowest BCUT2D eigenvalue weighted by atomic mass is 9.95. The summed E-state index contributed by atoms with van der Waals surface area (Å²) in [4.78, 5) is 14.1. The van der Waals surface area contributed by atoms with Gasteiger partial charge in [-0.25, -0.2) is 0 Å². The molecule has 1 aliphatic heterocycles. The summed E-state index contributed by atoms with van der Waals surface area (Å²) in [5, 5.41) is 3.34. The third kappa shape index (κ3) is 3.16. The van der Waals surface area contributed by atoms with Gasteiger partial charge >= 0.3 is 0 Å². The highest BCUT2D eigenvalue weighted by Gasteiger charge is 2.34. The average molecular weight is 260 g/mol. The second-order valence-corrected chi connectivity index (χ2v) is 6.73. The second-order valence-electron chi connectivity index (χ2n) is 6.73. The summed E-state index contributed by atoms with van der Waals surface area (Å²) >= 11 is 0. The van der Waals surface area contributed by atoms with Crippen molar-refractivity contribution < 1.29 is 4.79 Å². The number of hydrogen-bond donors (Lipinski definition) is 1.